The van der Waals surface area contributed by atoms with Crippen LogP contribution in [0.25, 0.3) is 10.8 Å². The van der Waals surface area contributed by atoms with Gasteiger partial charge in [0.05, 0.1) is 5.56 Å². The average molecular weight is 553 g/mol. The minimum absolute atomic E-state index is 0.230. The molecule has 0 spiro atoms. The fourth-order valence-corrected chi connectivity index (χ4v) is 5.86. The van der Waals surface area contributed by atoms with E-state index in [1.165, 1.54) is 10.9 Å². The summed E-state index contributed by atoms with van der Waals surface area (Å²) in [6.07, 6.45) is 1.13. The molecule has 1 aliphatic rings. The Morgan fingerprint density at radius 3 is 2.31 bits per heavy atom. The molecule has 1 aliphatic heterocycles. The molecule has 39 heavy (non-hydrogen) atoms. The number of alkyl halides is 3. The Bertz CT molecular complexity index is 1400. The number of carbonyl (C=O) groups excluding carboxylic acids is 1. The molecule has 2 heterocycles. The van der Waals surface area contributed by atoms with Crippen molar-refractivity contribution in [2.24, 2.45) is 0 Å². The molecule has 0 bridgehead atoms. The molecule has 7 heteroatoms. The maximum atomic E-state index is 13.9. The lowest BCUT2D eigenvalue weighted by Crippen LogP contribution is -2.17. The van der Waals surface area contributed by atoms with Gasteiger partial charge in [0.25, 0.3) is 0 Å². The third-order valence-electron chi connectivity index (χ3n) is 7.17. The predicted molar refractivity (Wildman–Crippen MR) is 148 cm³/mol. The first-order valence-electron chi connectivity index (χ1n) is 13.5. The van der Waals surface area contributed by atoms with Gasteiger partial charge in [-0.2, -0.15) is 13.2 Å². The highest BCUT2D eigenvalue weighted by atomic mass is 32.1. The van der Waals surface area contributed by atoms with Crippen molar-refractivity contribution < 1.29 is 27.4 Å². The van der Waals surface area contributed by atoms with Gasteiger partial charge in [0.15, 0.2) is 6.10 Å². The summed E-state index contributed by atoms with van der Waals surface area (Å²) in [5, 5.41) is 4.04. The van der Waals surface area contributed by atoms with Crippen LogP contribution in [-0.2, 0) is 28.5 Å². The molecule has 3 nitrogen and oxygen atoms in total. The summed E-state index contributed by atoms with van der Waals surface area (Å²) >= 11 is 1.78. The summed E-state index contributed by atoms with van der Waals surface area (Å²) in [5.74, 6) is -0.214. The smallest absolute Gasteiger partial charge is 0.416 e. The van der Waals surface area contributed by atoms with Crippen molar-refractivity contribution in [3.05, 3.63) is 99.7 Å². The van der Waals surface area contributed by atoms with Gasteiger partial charge in [0, 0.05) is 4.88 Å². The molecule has 0 aliphatic carbocycles. The topological polar surface area (TPSA) is 38.8 Å². The fraction of sp³-hybridized carbons (Fsp3) is 0.344. The van der Waals surface area contributed by atoms with E-state index in [9.17, 15) is 18.0 Å². The van der Waals surface area contributed by atoms with E-state index in [0.717, 1.165) is 55.4 Å². The van der Waals surface area contributed by atoms with Crippen LogP contribution in [0.15, 0.2) is 78.2 Å². The normalized spacial score (nSPS) is 16.9. The molecule has 2 atom stereocenters. The van der Waals surface area contributed by atoms with Gasteiger partial charge in [-0.05, 0) is 77.2 Å². The Morgan fingerprint density at radius 2 is 1.56 bits per heavy atom. The van der Waals surface area contributed by atoms with E-state index in [1.54, 1.807) is 29.5 Å². The number of hydrogen-bond acceptors (Lipinski definition) is 4. The zero-order chi connectivity index (χ0) is 27.2. The first-order valence-corrected chi connectivity index (χ1v) is 14.4. The van der Waals surface area contributed by atoms with Gasteiger partial charge in [-0.25, -0.2) is 4.79 Å². The Hall–Kier alpha value is -3.16. The Balaban J connectivity index is 1.17. The van der Waals surface area contributed by atoms with Gasteiger partial charge in [-0.1, -0.05) is 74.2 Å². The van der Waals surface area contributed by atoms with Crippen LogP contribution in [0.5, 0.6) is 5.75 Å². The van der Waals surface area contributed by atoms with Crippen LogP contribution < -0.4 is 4.74 Å². The molecule has 1 saturated heterocycles. The Morgan fingerprint density at radius 1 is 0.821 bits per heavy atom. The van der Waals surface area contributed by atoms with Crippen molar-refractivity contribution in [3.63, 3.8) is 0 Å². The minimum atomic E-state index is -4.47. The predicted octanol–water partition coefficient (Wildman–Crippen LogP) is 9.09. The number of carbonyl (C=O) groups is 1. The molecule has 0 unspecified atom stereocenters. The molecule has 5 rings (SSSR count). The van der Waals surface area contributed by atoms with Gasteiger partial charge in [-0.3, -0.25) is 0 Å². The Kier molecular flexibility index (Phi) is 8.68. The number of unbranched alkanes of at least 4 members (excludes halogenated alkanes) is 5. The fourth-order valence-electron chi connectivity index (χ4n) is 5.11. The van der Waals surface area contributed by atoms with Gasteiger partial charge in [0.1, 0.15) is 11.9 Å². The number of epoxide rings is 1. The highest BCUT2D eigenvalue weighted by Crippen LogP contribution is 2.45. The third-order valence-corrected chi connectivity index (χ3v) is 8.10. The van der Waals surface area contributed by atoms with Crippen molar-refractivity contribution >= 4 is 28.1 Å². The molecule has 4 aromatic rings. The molecule has 1 aromatic heterocycles. The quantitative estimate of drug-likeness (QED) is 0.0762. The highest BCUT2D eigenvalue weighted by Gasteiger charge is 2.49. The molecule has 3 aromatic carbocycles. The molecule has 0 radical (unpaired) electrons. The molecule has 204 valence electrons. The number of hydrogen-bond donors (Lipinski definition) is 0. The number of fused-ring (bicyclic) bond motifs is 1. The van der Waals surface area contributed by atoms with Crippen LogP contribution in [0.4, 0.5) is 13.2 Å². The first-order chi connectivity index (χ1) is 18.9. The lowest BCUT2D eigenvalue weighted by Gasteiger charge is -2.16. The van der Waals surface area contributed by atoms with E-state index >= 15 is 0 Å². The van der Waals surface area contributed by atoms with E-state index in [4.69, 9.17) is 9.47 Å². The number of thiophene rings is 1. The largest absolute Gasteiger partial charge is 0.425 e. The molecule has 0 amide bonds. The average Bonchev–Trinajstić information content (AvgIpc) is 3.56. The maximum Gasteiger partial charge on any atom is 0.416 e. The molecule has 1 fully saturated rings. The maximum absolute atomic E-state index is 13.9. The van der Waals surface area contributed by atoms with Crippen molar-refractivity contribution in [1.29, 1.82) is 0 Å². The summed E-state index contributed by atoms with van der Waals surface area (Å²) in [4.78, 5) is 14.2. The molecule has 0 N–H and O–H groups in total. The van der Waals surface area contributed by atoms with Crippen LogP contribution in [0.2, 0.25) is 0 Å². The number of ether oxygens (including phenoxy) is 2. The van der Waals surface area contributed by atoms with Crippen LogP contribution in [0.1, 0.15) is 66.2 Å². The SMILES string of the molecule is O=C(Oc1ccc2ccccc2c1)[C@@H]1O[C@H]1c1cccc(C(F)(F)F)c1CCCCCCCCc1cccs1. The van der Waals surface area contributed by atoms with Gasteiger partial charge in [-0.15, -0.1) is 11.3 Å². The van der Waals surface area contributed by atoms with Crippen molar-refractivity contribution in [3.8, 4) is 5.75 Å². The monoisotopic (exact) mass is 552 g/mol. The standard InChI is InChI=1S/C32H31F3O3S/c33-32(34,35)28-17-9-16-27(26(28)15-6-4-2-1-3-5-13-25-14-10-20-39-25)29-30(38-29)31(36)37-24-19-18-22-11-7-8-12-23(22)21-24/h7-12,14,16-21,29-30H,1-6,13,15H2/t29-,30+/m0/s1. The number of rotatable bonds is 12. The van der Waals surface area contributed by atoms with Crippen LogP contribution in [-0.4, -0.2) is 12.1 Å². The molecular formula is C32H31F3O3S. The van der Waals surface area contributed by atoms with E-state index in [0.29, 0.717) is 24.2 Å². The zero-order valence-corrected chi connectivity index (χ0v) is 22.4. The van der Waals surface area contributed by atoms with Crippen LogP contribution in [0, 0.1) is 0 Å². The van der Waals surface area contributed by atoms with E-state index in [2.05, 4.69) is 17.5 Å². The van der Waals surface area contributed by atoms with Gasteiger partial charge < -0.3 is 9.47 Å². The van der Waals surface area contributed by atoms with E-state index in [1.807, 2.05) is 30.3 Å². The summed E-state index contributed by atoms with van der Waals surface area (Å²) in [6.45, 7) is 0. The first kappa shape index (κ1) is 27.4. The number of esters is 1. The summed E-state index contributed by atoms with van der Waals surface area (Å²) in [6, 6.07) is 21.4. The second-order valence-electron chi connectivity index (χ2n) is 9.98. The third kappa shape index (κ3) is 7.08. The number of benzene rings is 3. The highest BCUT2D eigenvalue weighted by molar-refractivity contribution is 7.09. The number of aryl methyl sites for hydroxylation is 1. The summed E-state index contributed by atoms with van der Waals surface area (Å²) < 4.78 is 52.8. The van der Waals surface area contributed by atoms with Crippen LogP contribution >= 0.6 is 11.3 Å². The lowest BCUT2D eigenvalue weighted by molar-refractivity contribution is -0.138. The summed E-state index contributed by atoms with van der Waals surface area (Å²) in [7, 11) is 0. The van der Waals surface area contributed by atoms with Crippen LogP contribution in [0.3, 0.4) is 0 Å². The van der Waals surface area contributed by atoms with E-state index < -0.39 is 29.9 Å². The van der Waals surface area contributed by atoms with E-state index in [-0.39, 0.29) is 5.56 Å². The second-order valence-corrected chi connectivity index (χ2v) is 11.0. The van der Waals surface area contributed by atoms with Crippen molar-refractivity contribution in [2.75, 3.05) is 0 Å². The van der Waals surface area contributed by atoms with Gasteiger partial charge in [0.2, 0.25) is 0 Å². The number of halogens is 3. The molecular weight excluding hydrogens is 521 g/mol. The minimum Gasteiger partial charge on any atom is -0.425 e. The second kappa shape index (κ2) is 12.3. The molecule has 0 saturated carbocycles. The Labute approximate surface area is 230 Å². The zero-order valence-electron chi connectivity index (χ0n) is 21.6. The van der Waals surface area contributed by atoms with Gasteiger partial charge >= 0.3 is 12.1 Å². The lowest BCUT2D eigenvalue weighted by atomic mass is 9.92. The summed E-state index contributed by atoms with van der Waals surface area (Å²) in [5.41, 5.74) is 0.0167. The van der Waals surface area contributed by atoms with Crippen molar-refractivity contribution in [1.82, 2.24) is 0 Å². The van der Waals surface area contributed by atoms with Crippen molar-refractivity contribution in [2.45, 2.75) is 69.8 Å².